The summed E-state index contributed by atoms with van der Waals surface area (Å²) >= 11 is 0. The first-order valence-electron chi connectivity index (χ1n) is 9.47. The van der Waals surface area contributed by atoms with Crippen LogP contribution in [0.15, 0.2) is 23.8 Å². The lowest BCUT2D eigenvalue weighted by Crippen LogP contribution is -2.49. The summed E-state index contributed by atoms with van der Waals surface area (Å²) in [5.41, 5.74) is 1.77. The van der Waals surface area contributed by atoms with E-state index in [4.69, 9.17) is 0 Å². The summed E-state index contributed by atoms with van der Waals surface area (Å²) < 4.78 is 0. The van der Waals surface area contributed by atoms with E-state index in [-0.39, 0.29) is 11.5 Å². The lowest BCUT2D eigenvalue weighted by atomic mass is 9.48. The first-order valence-corrected chi connectivity index (χ1v) is 9.47. The standard InChI is InChI=1S/C21H30O2/c1-13(22)17-6-7-18-16-5-4-14-12-15(23)8-10-20(14,2)19(16)9-11-21(17,18)3/h4-5,12-13,16-19,22H,6-11H2,1-3H3/t13-,16-,17+,18-,19+,20-,21+/m0/s1. The van der Waals surface area contributed by atoms with Gasteiger partial charge >= 0.3 is 0 Å². The van der Waals surface area contributed by atoms with Gasteiger partial charge in [0.05, 0.1) is 6.10 Å². The minimum atomic E-state index is -0.188. The van der Waals surface area contributed by atoms with Gasteiger partial charge in [0.1, 0.15) is 0 Å². The fourth-order valence-electron chi connectivity index (χ4n) is 6.83. The maximum atomic E-state index is 11.8. The molecule has 2 fully saturated rings. The van der Waals surface area contributed by atoms with Gasteiger partial charge in [0, 0.05) is 6.42 Å². The Morgan fingerprint density at radius 3 is 2.70 bits per heavy atom. The molecule has 2 nitrogen and oxygen atoms in total. The predicted octanol–water partition coefficient (Wildman–Crippen LogP) is 4.29. The molecule has 4 rings (SSSR count). The molecule has 0 heterocycles. The molecule has 0 bridgehead atoms. The molecule has 4 aliphatic carbocycles. The van der Waals surface area contributed by atoms with Crippen molar-refractivity contribution in [2.45, 2.75) is 65.4 Å². The van der Waals surface area contributed by atoms with Gasteiger partial charge in [-0.2, -0.15) is 0 Å². The molecule has 2 saturated carbocycles. The zero-order valence-electron chi connectivity index (χ0n) is 14.7. The first kappa shape index (κ1) is 15.6. The number of ketones is 1. The van der Waals surface area contributed by atoms with Crippen molar-refractivity contribution in [2.24, 2.45) is 34.5 Å². The summed E-state index contributed by atoms with van der Waals surface area (Å²) in [6, 6.07) is 0. The number of carbonyl (C=O) groups is 1. The van der Waals surface area contributed by atoms with Crippen molar-refractivity contribution < 1.29 is 9.90 Å². The van der Waals surface area contributed by atoms with Crippen LogP contribution in [0.4, 0.5) is 0 Å². The van der Waals surface area contributed by atoms with Crippen LogP contribution in [0, 0.1) is 34.5 Å². The molecular formula is C21H30O2. The molecular weight excluding hydrogens is 284 g/mol. The van der Waals surface area contributed by atoms with E-state index in [1.807, 2.05) is 13.0 Å². The summed E-state index contributed by atoms with van der Waals surface area (Å²) in [4.78, 5) is 11.8. The summed E-state index contributed by atoms with van der Waals surface area (Å²) in [6.45, 7) is 6.82. The van der Waals surface area contributed by atoms with Crippen molar-refractivity contribution in [1.82, 2.24) is 0 Å². The largest absolute Gasteiger partial charge is 0.393 e. The van der Waals surface area contributed by atoms with E-state index in [9.17, 15) is 9.90 Å². The van der Waals surface area contributed by atoms with Gasteiger partial charge in [0.2, 0.25) is 0 Å². The van der Waals surface area contributed by atoms with Gasteiger partial charge in [0.25, 0.3) is 0 Å². The van der Waals surface area contributed by atoms with E-state index < -0.39 is 0 Å². The van der Waals surface area contributed by atoms with Crippen molar-refractivity contribution in [2.75, 3.05) is 0 Å². The molecule has 0 aliphatic heterocycles. The van der Waals surface area contributed by atoms with Crippen molar-refractivity contribution in [1.29, 1.82) is 0 Å². The Hall–Kier alpha value is -0.890. The summed E-state index contributed by atoms with van der Waals surface area (Å²) in [5, 5.41) is 10.3. The molecule has 2 heteroatoms. The molecule has 0 aromatic carbocycles. The molecule has 1 N–H and O–H groups in total. The van der Waals surface area contributed by atoms with Crippen LogP contribution in [0.3, 0.4) is 0 Å². The summed E-state index contributed by atoms with van der Waals surface area (Å²) in [5.74, 6) is 2.77. The van der Waals surface area contributed by atoms with Crippen LogP contribution in [0.1, 0.15) is 59.3 Å². The molecule has 4 aliphatic rings. The van der Waals surface area contributed by atoms with Gasteiger partial charge < -0.3 is 5.11 Å². The second kappa shape index (κ2) is 5.05. The van der Waals surface area contributed by atoms with Crippen LogP contribution in [0.5, 0.6) is 0 Å². The number of hydrogen-bond donors (Lipinski definition) is 1. The number of carbonyl (C=O) groups excluding carboxylic acids is 1. The third-order valence-electron chi connectivity index (χ3n) is 8.17. The van der Waals surface area contributed by atoms with Crippen LogP contribution in [-0.4, -0.2) is 17.0 Å². The van der Waals surface area contributed by atoms with E-state index in [0.717, 1.165) is 12.8 Å². The molecule has 0 radical (unpaired) electrons. The summed E-state index contributed by atoms with van der Waals surface area (Å²) in [7, 11) is 0. The maximum Gasteiger partial charge on any atom is 0.156 e. The normalized spacial score (nSPS) is 49.9. The molecule has 7 atom stereocenters. The Balaban J connectivity index is 1.71. The van der Waals surface area contributed by atoms with Gasteiger partial charge in [-0.15, -0.1) is 0 Å². The fourth-order valence-corrected chi connectivity index (χ4v) is 6.83. The number of aliphatic hydroxyl groups excluding tert-OH is 1. The lowest BCUT2D eigenvalue weighted by molar-refractivity contribution is -0.116. The predicted molar refractivity (Wildman–Crippen MR) is 91.8 cm³/mol. The van der Waals surface area contributed by atoms with Crippen LogP contribution < -0.4 is 0 Å². The molecule has 23 heavy (non-hydrogen) atoms. The Kier molecular flexibility index (Phi) is 3.43. The highest BCUT2D eigenvalue weighted by molar-refractivity contribution is 5.92. The smallest absolute Gasteiger partial charge is 0.156 e. The SMILES string of the molecule is C[C@H](O)[C@H]1CC[C@H]2[C@@H]3C=CC4=CC(=O)CC[C@]4(C)[C@@H]3CC[C@]12C. The van der Waals surface area contributed by atoms with Crippen LogP contribution in [0.2, 0.25) is 0 Å². The zero-order chi connectivity index (χ0) is 16.4. The van der Waals surface area contributed by atoms with Crippen LogP contribution in [-0.2, 0) is 4.79 Å². The second-order valence-electron chi connectivity index (χ2n) is 9.10. The van der Waals surface area contributed by atoms with Gasteiger partial charge in [-0.05, 0) is 85.2 Å². The van der Waals surface area contributed by atoms with Gasteiger partial charge in [-0.3, -0.25) is 4.79 Å². The van der Waals surface area contributed by atoms with Crippen molar-refractivity contribution in [3.63, 3.8) is 0 Å². The monoisotopic (exact) mass is 314 g/mol. The van der Waals surface area contributed by atoms with Crippen LogP contribution >= 0.6 is 0 Å². The highest BCUT2D eigenvalue weighted by atomic mass is 16.3. The average molecular weight is 314 g/mol. The number of allylic oxidation sites excluding steroid dienone is 4. The van der Waals surface area contributed by atoms with Crippen LogP contribution in [0.25, 0.3) is 0 Å². The Bertz CT molecular complexity index is 587. The molecule has 0 aromatic heterocycles. The minimum Gasteiger partial charge on any atom is -0.393 e. The van der Waals surface area contributed by atoms with Crippen molar-refractivity contribution in [3.05, 3.63) is 23.8 Å². The first-order chi connectivity index (χ1) is 10.9. The third kappa shape index (κ3) is 2.06. The number of fused-ring (bicyclic) bond motifs is 5. The number of aliphatic hydroxyl groups is 1. The highest BCUT2D eigenvalue weighted by Crippen LogP contribution is 2.65. The molecule has 0 saturated heterocycles. The third-order valence-corrected chi connectivity index (χ3v) is 8.17. The zero-order valence-corrected chi connectivity index (χ0v) is 14.7. The maximum absolute atomic E-state index is 11.8. The van der Waals surface area contributed by atoms with E-state index >= 15 is 0 Å². The Morgan fingerprint density at radius 2 is 1.96 bits per heavy atom. The van der Waals surface area contributed by atoms with Crippen molar-refractivity contribution in [3.8, 4) is 0 Å². The minimum absolute atomic E-state index is 0.188. The van der Waals surface area contributed by atoms with Gasteiger partial charge in [0.15, 0.2) is 5.78 Å². The van der Waals surface area contributed by atoms with Gasteiger partial charge in [-0.1, -0.05) is 26.0 Å². The van der Waals surface area contributed by atoms with E-state index in [1.165, 1.54) is 31.3 Å². The average Bonchev–Trinajstić information content (AvgIpc) is 2.85. The topological polar surface area (TPSA) is 37.3 Å². The Morgan fingerprint density at radius 1 is 1.17 bits per heavy atom. The lowest BCUT2D eigenvalue weighted by Gasteiger charge is -2.56. The van der Waals surface area contributed by atoms with E-state index in [2.05, 4.69) is 26.0 Å². The summed E-state index contributed by atoms with van der Waals surface area (Å²) in [6.07, 6.45) is 13.1. The molecule has 0 spiro atoms. The molecule has 126 valence electrons. The second-order valence-corrected chi connectivity index (χ2v) is 9.10. The fraction of sp³-hybridized carbons (Fsp3) is 0.762. The molecule has 0 aromatic rings. The molecule has 0 amide bonds. The number of rotatable bonds is 1. The Labute approximate surface area is 140 Å². The highest BCUT2D eigenvalue weighted by Gasteiger charge is 2.58. The van der Waals surface area contributed by atoms with E-state index in [1.54, 1.807) is 0 Å². The quantitative estimate of drug-likeness (QED) is 0.784. The van der Waals surface area contributed by atoms with Gasteiger partial charge in [-0.25, -0.2) is 0 Å². The molecule has 0 unspecified atom stereocenters. The van der Waals surface area contributed by atoms with Crippen molar-refractivity contribution >= 4 is 5.78 Å². The number of hydrogen-bond acceptors (Lipinski definition) is 2. The van der Waals surface area contributed by atoms with E-state index in [0.29, 0.717) is 34.9 Å².